The van der Waals surface area contributed by atoms with Crippen LogP contribution in [0.2, 0.25) is 0 Å². The second-order valence-electron chi connectivity index (χ2n) is 7.57. The van der Waals surface area contributed by atoms with Gasteiger partial charge in [-0.15, -0.1) is 0 Å². The Hall–Kier alpha value is -3.30. The van der Waals surface area contributed by atoms with Crippen LogP contribution in [0.4, 0.5) is 4.39 Å². The fourth-order valence-electron chi connectivity index (χ4n) is 3.80. The SMILES string of the molecule is Cc1cc(/C=C2\C(=N)N3N=C(c4ccc(F)cc4)SC3=NC2=O)c(C)n1-c1cccc(Br)c1. The van der Waals surface area contributed by atoms with Gasteiger partial charge in [0.15, 0.2) is 5.84 Å². The maximum Gasteiger partial charge on any atom is 0.283 e. The van der Waals surface area contributed by atoms with Gasteiger partial charge in [-0.1, -0.05) is 22.0 Å². The standard InChI is InChI=1S/C24H17BrFN5OS/c1-13-10-16(14(2)30(13)19-5-3-4-17(25)12-19)11-20-21(27)31-24(28-22(20)32)33-23(29-31)15-6-8-18(26)9-7-15/h3-12,27H,1-2H3/b20-11+,27-21?. The fourth-order valence-corrected chi connectivity index (χ4v) is 5.09. The van der Waals surface area contributed by atoms with E-state index in [-0.39, 0.29) is 17.2 Å². The van der Waals surface area contributed by atoms with Gasteiger partial charge in [0.2, 0.25) is 5.17 Å². The number of aliphatic imine (C=N–C) groups is 1. The molecule has 1 N–H and O–H groups in total. The zero-order chi connectivity index (χ0) is 23.3. The molecule has 2 aliphatic heterocycles. The third-order valence-corrected chi connectivity index (χ3v) is 6.83. The molecule has 0 unspecified atom stereocenters. The van der Waals surface area contributed by atoms with Crippen LogP contribution >= 0.6 is 27.7 Å². The van der Waals surface area contributed by atoms with Gasteiger partial charge in [0.05, 0.1) is 5.57 Å². The Labute approximate surface area is 202 Å². The van der Waals surface area contributed by atoms with Gasteiger partial charge in [-0.3, -0.25) is 10.2 Å². The highest BCUT2D eigenvalue weighted by molar-refractivity contribution is 9.10. The number of carbonyl (C=O) groups is 1. The number of benzene rings is 2. The summed E-state index contributed by atoms with van der Waals surface area (Å²) < 4.78 is 16.3. The van der Waals surface area contributed by atoms with Crippen LogP contribution in [0.25, 0.3) is 11.8 Å². The van der Waals surface area contributed by atoms with Crippen molar-refractivity contribution in [2.24, 2.45) is 10.1 Å². The quantitative estimate of drug-likeness (QED) is 0.451. The molecule has 0 radical (unpaired) electrons. The summed E-state index contributed by atoms with van der Waals surface area (Å²) >= 11 is 4.69. The molecule has 6 nitrogen and oxygen atoms in total. The van der Waals surface area contributed by atoms with Gasteiger partial charge in [-0.2, -0.15) is 15.1 Å². The van der Waals surface area contributed by atoms with Gasteiger partial charge in [0.25, 0.3) is 5.91 Å². The number of nitrogens with zero attached hydrogens (tertiary/aromatic N) is 4. The molecule has 0 bridgehead atoms. The number of amides is 1. The van der Waals surface area contributed by atoms with Crippen LogP contribution in [0.5, 0.6) is 0 Å². The number of amidine groups is 2. The summed E-state index contributed by atoms with van der Waals surface area (Å²) in [6.07, 6.45) is 1.69. The van der Waals surface area contributed by atoms with Crippen molar-refractivity contribution in [2.75, 3.05) is 0 Å². The summed E-state index contributed by atoms with van der Waals surface area (Å²) in [5.41, 5.74) is 4.64. The Morgan fingerprint density at radius 1 is 1.12 bits per heavy atom. The van der Waals surface area contributed by atoms with E-state index in [1.807, 2.05) is 44.2 Å². The topological polar surface area (TPSA) is 73.8 Å². The van der Waals surface area contributed by atoms with Crippen molar-refractivity contribution in [3.63, 3.8) is 0 Å². The van der Waals surface area contributed by atoms with Crippen molar-refractivity contribution in [3.8, 4) is 5.69 Å². The van der Waals surface area contributed by atoms with E-state index in [4.69, 9.17) is 5.41 Å². The normalized spacial score (nSPS) is 16.8. The average molecular weight is 522 g/mol. The Morgan fingerprint density at radius 3 is 2.61 bits per heavy atom. The zero-order valence-corrected chi connectivity index (χ0v) is 20.0. The number of aryl methyl sites for hydroxylation is 1. The summed E-state index contributed by atoms with van der Waals surface area (Å²) in [5.74, 6) is -0.866. The Morgan fingerprint density at radius 2 is 1.88 bits per heavy atom. The van der Waals surface area contributed by atoms with Gasteiger partial charge in [-0.05, 0) is 85.8 Å². The highest BCUT2D eigenvalue weighted by atomic mass is 79.9. The molecule has 9 heteroatoms. The van der Waals surface area contributed by atoms with Gasteiger partial charge >= 0.3 is 0 Å². The minimum atomic E-state index is -0.485. The number of fused-ring (bicyclic) bond motifs is 1. The molecule has 164 valence electrons. The number of rotatable bonds is 3. The number of hydrogen-bond acceptors (Lipinski definition) is 4. The van der Waals surface area contributed by atoms with Crippen LogP contribution in [0.15, 0.2) is 74.7 Å². The lowest BCUT2D eigenvalue weighted by Crippen LogP contribution is -2.35. The van der Waals surface area contributed by atoms with Crippen molar-refractivity contribution in [1.82, 2.24) is 9.58 Å². The second-order valence-corrected chi connectivity index (χ2v) is 9.45. The van der Waals surface area contributed by atoms with E-state index in [1.54, 1.807) is 18.2 Å². The van der Waals surface area contributed by atoms with E-state index < -0.39 is 5.91 Å². The molecule has 5 rings (SSSR count). The summed E-state index contributed by atoms with van der Waals surface area (Å²) in [6.45, 7) is 3.97. The summed E-state index contributed by atoms with van der Waals surface area (Å²) in [7, 11) is 0. The minimum absolute atomic E-state index is 0.0399. The third-order valence-electron chi connectivity index (χ3n) is 5.38. The van der Waals surface area contributed by atoms with Gasteiger partial charge in [-0.25, -0.2) is 4.39 Å². The average Bonchev–Trinajstić information content (AvgIpc) is 3.32. The number of carbonyl (C=O) groups excluding carboxylic acids is 1. The third kappa shape index (κ3) is 3.87. The fraction of sp³-hybridized carbons (Fsp3) is 0.0833. The number of thioether (sulfide) groups is 1. The lowest BCUT2D eigenvalue weighted by atomic mass is 10.1. The second kappa shape index (κ2) is 8.24. The molecule has 3 aromatic rings. The van der Waals surface area contributed by atoms with Gasteiger partial charge in [0.1, 0.15) is 10.9 Å². The molecular weight excluding hydrogens is 505 g/mol. The van der Waals surface area contributed by atoms with Crippen molar-refractivity contribution < 1.29 is 9.18 Å². The number of hydrazone groups is 1. The highest BCUT2D eigenvalue weighted by Gasteiger charge is 2.36. The summed E-state index contributed by atoms with van der Waals surface area (Å²) in [5, 5.41) is 15.3. The van der Waals surface area contributed by atoms with E-state index in [9.17, 15) is 9.18 Å². The number of aromatic nitrogens is 1. The van der Waals surface area contributed by atoms with Crippen molar-refractivity contribution in [3.05, 3.63) is 93.0 Å². The summed E-state index contributed by atoms with van der Waals surface area (Å²) in [6, 6.07) is 15.9. The number of nitrogens with one attached hydrogen (secondary N) is 1. The van der Waals surface area contributed by atoms with E-state index in [2.05, 4.69) is 30.6 Å². The van der Waals surface area contributed by atoms with E-state index in [0.29, 0.717) is 15.8 Å². The number of halogens is 2. The Balaban J connectivity index is 1.51. The van der Waals surface area contributed by atoms with Gasteiger partial charge < -0.3 is 4.57 Å². The molecule has 0 saturated carbocycles. The van der Waals surface area contributed by atoms with Crippen LogP contribution in [-0.2, 0) is 4.79 Å². The maximum atomic E-state index is 13.3. The molecule has 1 aromatic heterocycles. The smallest absolute Gasteiger partial charge is 0.283 e. The predicted molar refractivity (Wildman–Crippen MR) is 133 cm³/mol. The molecule has 3 heterocycles. The van der Waals surface area contributed by atoms with Crippen molar-refractivity contribution in [2.45, 2.75) is 13.8 Å². The molecule has 2 aromatic carbocycles. The first kappa shape index (κ1) is 21.5. The lowest BCUT2D eigenvalue weighted by Gasteiger charge is -2.20. The maximum absolute atomic E-state index is 13.3. The van der Waals surface area contributed by atoms with Crippen LogP contribution in [-0.4, -0.2) is 31.5 Å². The molecule has 2 aliphatic rings. The van der Waals surface area contributed by atoms with Crippen LogP contribution in [0, 0.1) is 25.1 Å². The van der Waals surface area contributed by atoms with Crippen molar-refractivity contribution >= 4 is 55.7 Å². The largest absolute Gasteiger partial charge is 0.318 e. The van der Waals surface area contributed by atoms with E-state index >= 15 is 0 Å². The Bertz CT molecular complexity index is 1420. The molecule has 0 atom stereocenters. The van der Waals surface area contributed by atoms with E-state index in [1.165, 1.54) is 28.9 Å². The zero-order valence-electron chi connectivity index (χ0n) is 17.6. The first-order chi connectivity index (χ1) is 15.8. The summed E-state index contributed by atoms with van der Waals surface area (Å²) in [4.78, 5) is 17.0. The monoisotopic (exact) mass is 521 g/mol. The molecule has 0 aliphatic carbocycles. The molecular formula is C24H17BrFN5OS. The van der Waals surface area contributed by atoms with Crippen LogP contribution in [0.1, 0.15) is 22.5 Å². The molecule has 1 amide bonds. The first-order valence-corrected chi connectivity index (χ1v) is 11.6. The predicted octanol–water partition coefficient (Wildman–Crippen LogP) is 5.66. The van der Waals surface area contributed by atoms with E-state index in [0.717, 1.165) is 27.1 Å². The molecule has 0 fully saturated rings. The highest BCUT2D eigenvalue weighted by Crippen LogP contribution is 2.32. The van der Waals surface area contributed by atoms with Gasteiger partial charge in [0, 0.05) is 27.1 Å². The molecule has 33 heavy (non-hydrogen) atoms. The molecule has 0 saturated heterocycles. The Kier molecular flexibility index (Phi) is 5.38. The number of hydrogen-bond donors (Lipinski definition) is 1. The minimum Gasteiger partial charge on any atom is -0.318 e. The van der Waals surface area contributed by atoms with Crippen LogP contribution < -0.4 is 0 Å². The first-order valence-electron chi connectivity index (χ1n) is 10.0. The van der Waals surface area contributed by atoms with Crippen molar-refractivity contribution in [1.29, 1.82) is 5.41 Å². The molecule has 0 spiro atoms. The van der Waals surface area contributed by atoms with Crippen LogP contribution in [0.3, 0.4) is 0 Å². The lowest BCUT2D eigenvalue weighted by molar-refractivity contribution is -0.114.